The monoisotopic (exact) mass is 304 g/mol. The second kappa shape index (κ2) is 5.32. The predicted octanol–water partition coefficient (Wildman–Crippen LogP) is 3.83. The minimum absolute atomic E-state index is 0.0853. The largest absolute Gasteiger partial charge is 0.379 e. The van der Waals surface area contributed by atoms with Gasteiger partial charge in [-0.1, -0.05) is 18.2 Å². The fourth-order valence-electron chi connectivity index (χ4n) is 1.19. The van der Waals surface area contributed by atoms with Gasteiger partial charge in [0.15, 0.2) is 0 Å². The van der Waals surface area contributed by atoms with Gasteiger partial charge in [-0.25, -0.2) is 0 Å². The summed E-state index contributed by atoms with van der Waals surface area (Å²) in [4.78, 5) is 10.3. The van der Waals surface area contributed by atoms with Crippen molar-refractivity contribution in [3.8, 4) is 0 Å². The van der Waals surface area contributed by atoms with Crippen molar-refractivity contribution in [3.63, 3.8) is 0 Å². The molecule has 0 aliphatic carbocycles. The topological polar surface area (TPSA) is 55.2 Å². The third-order valence-corrected chi connectivity index (χ3v) is 2.74. The Bertz CT molecular complexity index is 449. The second-order valence-corrected chi connectivity index (χ2v) is 4.64. The van der Waals surface area contributed by atoms with Crippen molar-refractivity contribution in [1.82, 2.24) is 0 Å². The minimum Gasteiger partial charge on any atom is -0.379 e. The number of halogens is 2. The lowest BCUT2D eigenvalue weighted by molar-refractivity contribution is -0.385. The highest BCUT2D eigenvalue weighted by Crippen LogP contribution is 2.30. The summed E-state index contributed by atoms with van der Waals surface area (Å²) >= 11 is 8.88. The van der Waals surface area contributed by atoms with Gasteiger partial charge in [0, 0.05) is 26.8 Å². The van der Waals surface area contributed by atoms with Crippen LogP contribution in [0.3, 0.4) is 0 Å². The first-order valence-electron chi connectivity index (χ1n) is 4.43. The lowest BCUT2D eigenvalue weighted by atomic mass is 10.2. The molecule has 0 unspecified atom stereocenters. The van der Waals surface area contributed by atoms with E-state index in [4.69, 9.17) is 11.6 Å². The van der Waals surface area contributed by atoms with Gasteiger partial charge >= 0.3 is 0 Å². The molecule has 1 aromatic rings. The highest BCUT2D eigenvalue weighted by Gasteiger charge is 2.13. The first kappa shape index (κ1) is 13.0. The maximum absolute atomic E-state index is 10.7. The molecule has 0 spiro atoms. The van der Waals surface area contributed by atoms with Crippen LogP contribution in [-0.2, 0) is 0 Å². The number of hydrogen-bond acceptors (Lipinski definition) is 3. The highest BCUT2D eigenvalue weighted by molar-refractivity contribution is 9.10. The van der Waals surface area contributed by atoms with Crippen molar-refractivity contribution in [3.05, 3.63) is 43.9 Å². The van der Waals surface area contributed by atoms with E-state index in [9.17, 15) is 10.1 Å². The molecule has 0 amide bonds. The van der Waals surface area contributed by atoms with Crippen LogP contribution in [0.4, 0.5) is 11.4 Å². The zero-order valence-corrected chi connectivity index (χ0v) is 10.9. The standard InChI is InChI=1S/C10H10BrClN2O2/c1-6-3-9(13-5-7(2)12)8(11)4-10(6)14(15)16/h3-4,13H,2,5H2,1H3. The summed E-state index contributed by atoms with van der Waals surface area (Å²) in [7, 11) is 0. The van der Waals surface area contributed by atoms with Gasteiger partial charge in [-0.2, -0.15) is 0 Å². The Labute approximate surface area is 107 Å². The molecule has 1 aromatic carbocycles. The molecule has 4 nitrogen and oxygen atoms in total. The van der Waals surface area contributed by atoms with Crippen LogP contribution in [0.15, 0.2) is 28.2 Å². The first-order valence-corrected chi connectivity index (χ1v) is 5.60. The molecular formula is C10H10BrClN2O2. The Morgan fingerprint density at radius 1 is 1.69 bits per heavy atom. The maximum Gasteiger partial charge on any atom is 0.273 e. The van der Waals surface area contributed by atoms with E-state index in [0.29, 0.717) is 21.6 Å². The molecule has 0 radical (unpaired) electrons. The van der Waals surface area contributed by atoms with E-state index in [-0.39, 0.29) is 5.69 Å². The molecule has 0 aliphatic heterocycles. The van der Waals surface area contributed by atoms with Gasteiger partial charge in [0.2, 0.25) is 0 Å². The summed E-state index contributed by atoms with van der Waals surface area (Å²) in [6.45, 7) is 5.65. The first-order chi connectivity index (χ1) is 7.41. The van der Waals surface area contributed by atoms with E-state index in [1.807, 2.05) is 0 Å². The number of benzene rings is 1. The Balaban J connectivity index is 3.01. The molecule has 0 saturated heterocycles. The van der Waals surface area contributed by atoms with Crippen molar-refractivity contribution in [2.24, 2.45) is 0 Å². The smallest absolute Gasteiger partial charge is 0.273 e. The average molecular weight is 306 g/mol. The maximum atomic E-state index is 10.7. The summed E-state index contributed by atoms with van der Waals surface area (Å²) in [6, 6.07) is 3.16. The van der Waals surface area contributed by atoms with Crippen LogP contribution >= 0.6 is 27.5 Å². The van der Waals surface area contributed by atoms with Crippen LogP contribution in [0.2, 0.25) is 0 Å². The van der Waals surface area contributed by atoms with Crippen molar-refractivity contribution < 1.29 is 4.92 Å². The normalized spacial score (nSPS) is 9.94. The number of rotatable bonds is 4. The number of nitrogens with zero attached hydrogens (tertiary/aromatic N) is 1. The zero-order valence-electron chi connectivity index (χ0n) is 8.59. The number of aryl methyl sites for hydroxylation is 1. The van der Waals surface area contributed by atoms with E-state index in [2.05, 4.69) is 27.8 Å². The van der Waals surface area contributed by atoms with E-state index in [1.54, 1.807) is 13.0 Å². The van der Waals surface area contributed by atoms with E-state index >= 15 is 0 Å². The number of nitro groups is 1. The molecule has 6 heteroatoms. The molecule has 0 aromatic heterocycles. The van der Waals surface area contributed by atoms with Gasteiger partial charge in [-0.15, -0.1) is 0 Å². The van der Waals surface area contributed by atoms with Crippen LogP contribution in [0.1, 0.15) is 5.56 Å². The number of nitro benzene ring substituents is 1. The Hall–Kier alpha value is -1.07. The fourth-order valence-corrected chi connectivity index (χ4v) is 1.73. The summed E-state index contributed by atoms with van der Waals surface area (Å²) in [6.07, 6.45) is 0. The van der Waals surface area contributed by atoms with Crippen molar-refractivity contribution in [2.75, 3.05) is 11.9 Å². The summed E-state index contributed by atoms with van der Waals surface area (Å²) < 4.78 is 0.628. The van der Waals surface area contributed by atoms with Crippen LogP contribution < -0.4 is 5.32 Å². The summed E-state index contributed by atoms with van der Waals surface area (Å²) in [5.74, 6) is 0. The molecule has 0 atom stereocenters. The lowest BCUT2D eigenvalue weighted by Gasteiger charge is -2.08. The van der Waals surface area contributed by atoms with Gasteiger partial charge in [0.25, 0.3) is 5.69 Å². The molecule has 0 saturated carbocycles. The molecule has 0 heterocycles. The zero-order chi connectivity index (χ0) is 12.3. The van der Waals surface area contributed by atoms with E-state index in [1.165, 1.54) is 6.07 Å². The fraction of sp³-hybridized carbons (Fsp3) is 0.200. The predicted molar refractivity (Wildman–Crippen MR) is 69.0 cm³/mol. The Kier molecular flexibility index (Phi) is 4.32. The highest BCUT2D eigenvalue weighted by atomic mass is 79.9. The summed E-state index contributed by atoms with van der Waals surface area (Å²) in [5, 5.41) is 14.2. The molecule has 0 aliphatic rings. The number of anilines is 1. The number of hydrogen-bond donors (Lipinski definition) is 1. The van der Waals surface area contributed by atoms with Gasteiger partial charge in [-0.3, -0.25) is 10.1 Å². The van der Waals surface area contributed by atoms with E-state index < -0.39 is 4.92 Å². The molecule has 1 rings (SSSR count). The molecule has 16 heavy (non-hydrogen) atoms. The Morgan fingerprint density at radius 3 is 2.81 bits per heavy atom. The van der Waals surface area contributed by atoms with Crippen LogP contribution in [0.25, 0.3) is 0 Å². The number of nitrogens with one attached hydrogen (secondary N) is 1. The van der Waals surface area contributed by atoms with Gasteiger partial charge in [0.05, 0.1) is 11.5 Å². The average Bonchev–Trinajstić information content (AvgIpc) is 2.18. The Morgan fingerprint density at radius 2 is 2.31 bits per heavy atom. The SMILES string of the molecule is C=C(Cl)CNc1cc(C)c([N+](=O)[O-])cc1Br. The third kappa shape index (κ3) is 3.21. The summed E-state index contributed by atoms with van der Waals surface area (Å²) in [5.41, 5.74) is 1.43. The second-order valence-electron chi connectivity index (χ2n) is 3.25. The van der Waals surface area contributed by atoms with Crippen LogP contribution in [0, 0.1) is 17.0 Å². The lowest BCUT2D eigenvalue weighted by Crippen LogP contribution is -2.02. The van der Waals surface area contributed by atoms with Crippen molar-refractivity contribution in [2.45, 2.75) is 6.92 Å². The molecule has 0 fully saturated rings. The van der Waals surface area contributed by atoms with E-state index in [0.717, 1.165) is 5.69 Å². The molecule has 86 valence electrons. The van der Waals surface area contributed by atoms with Gasteiger partial charge in [0.1, 0.15) is 0 Å². The molecular weight excluding hydrogens is 295 g/mol. The quantitative estimate of drug-likeness (QED) is 0.679. The van der Waals surface area contributed by atoms with Gasteiger partial charge < -0.3 is 5.32 Å². The van der Waals surface area contributed by atoms with Crippen LogP contribution in [0.5, 0.6) is 0 Å². The van der Waals surface area contributed by atoms with Crippen molar-refractivity contribution >= 4 is 38.9 Å². The molecule has 1 N–H and O–H groups in total. The van der Waals surface area contributed by atoms with Crippen LogP contribution in [-0.4, -0.2) is 11.5 Å². The minimum atomic E-state index is -0.412. The molecule has 0 bridgehead atoms. The van der Waals surface area contributed by atoms with Gasteiger partial charge in [-0.05, 0) is 28.9 Å². The van der Waals surface area contributed by atoms with Crippen molar-refractivity contribution in [1.29, 1.82) is 0 Å². The third-order valence-electron chi connectivity index (χ3n) is 1.95.